The molecular formula is C16H23ClN2O4S. The van der Waals surface area contributed by atoms with E-state index in [1.807, 2.05) is 0 Å². The molecule has 0 saturated carbocycles. The van der Waals surface area contributed by atoms with Crippen LogP contribution in [-0.4, -0.2) is 52.0 Å². The molecule has 1 heterocycles. The van der Waals surface area contributed by atoms with Crippen LogP contribution in [0.25, 0.3) is 0 Å². The Bertz CT molecular complexity index is 685. The summed E-state index contributed by atoms with van der Waals surface area (Å²) < 4.78 is 31.7. The van der Waals surface area contributed by atoms with Crippen LogP contribution in [0.15, 0.2) is 23.1 Å². The van der Waals surface area contributed by atoms with Crippen LogP contribution in [0.4, 0.5) is 0 Å². The van der Waals surface area contributed by atoms with Crippen molar-refractivity contribution in [1.29, 1.82) is 0 Å². The predicted octanol–water partition coefficient (Wildman–Crippen LogP) is 2.14. The smallest absolute Gasteiger partial charge is 0.337 e. The molecule has 1 saturated heterocycles. The minimum atomic E-state index is -3.66. The lowest BCUT2D eigenvalue weighted by atomic mass is 9.98. The minimum absolute atomic E-state index is 0.0296. The lowest BCUT2D eigenvalue weighted by molar-refractivity contribution is 0.0600. The van der Waals surface area contributed by atoms with Crippen molar-refractivity contribution >= 4 is 27.6 Å². The summed E-state index contributed by atoms with van der Waals surface area (Å²) in [6, 6.07) is 4.12. The Morgan fingerprint density at radius 3 is 2.58 bits per heavy atom. The molecule has 134 valence electrons. The van der Waals surface area contributed by atoms with Crippen molar-refractivity contribution in [3.8, 4) is 0 Å². The molecule has 0 aromatic heterocycles. The average molecular weight is 375 g/mol. The van der Waals surface area contributed by atoms with Gasteiger partial charge in [0.05, 0.1) is 17.7 Å². The van der Waals surface area contributed by atoms with Gasteiger partial charge in [0.1, 0.15) is 4.90 Å². The van der Waals surface area contributed by atoms with Gasteiger partial charge in [0.25, 0.3) is 0 Å². The van der Waals surface area contributed by atoms with Crippen molar-refractivity contribution in [2.24, 2.45) is 5.92 Å². The maximum absolute atomic E-state index is 12.8. The summed E-state index contributed by atoms with van der Waals surface area (Å²) in [6.45, 7) is 4.85. The first-order valence-corrected chi connectivity index (χ1v) is 9.80. The van der Waals surface area contributed by atoms with Gasteiger partial charge in [-0.15, -0.1) is 0 Å². The Hall–Kier alpha value is -1.15. The molecule has 1 aliphatic heterocycles. The Morgan fingerprint density at radius 1 is 1.38 bits per heavy atom. The number of methoxy groups -OCH3 is 1. The molecule has 1 N–H and O–H groups in total. The largest absolute Gasteiger partial charge is 0.465 e. The number of hydrogen-bond acceptors (Lipinski definition) is 5. The van der Waals surface area contributed by atoms with Crippen LogP contribution in [0.3, 0.4) is 0 Å². The zero-order chi connectivity index (χ0) is 17.7. The lowest BCUT2D eigenvalue weighted by Gasteiger charge is -2.31. The molecule has 1 fully saturated rings. The monoisotopic (exact) mass is 374 g/mol. The molecule has 0 aliphatic carbocycles. The molecule has 0 unspecified atom stereocenters. The van der Waals surface area contributed by atoms with Crippen LogP contribution < -0.4 is 5.32 Å². The lowest BCUT2D eigenvalue weighted by Crippen LogP contribution is -2.40. The number of rotatable bonds is 6. The molecule has 1 aromatic carbocycles. The fourth-order valence-corrected chi connectivity index (χ4v) is 4.78. The first-order valence-electron chi connectivity index (χ1n) is 7.98. The molecule has 0 atom stereocenters. The quantitative estimate of drug-likeness (QED) is 0.772. The molecule has 1 aliphatic rings. The molecule has 24 heavy (non-hydrogen) atoms. The first kappa shape index (κ1) is 19.2. The number of esters is 1. The van der Waals surface area contributed by atoms with E-state index in [9.17, 15) is 13.2 Å². The highest BCUT2D eigenvalue weighted by Gasteiger charge is 2.31. The van der Waals surface area contributed by atoms with Crippen LogP contribution in [-0.2, 0) is 14.8 Å². The molecule has 0 bridgehead atoms. The van der Waals surface area contributed by atoms with Crippen LogP contribution in [0.5, 0.6) is 0 Å². The van der Waals surface area contributed by atoms with Gasteiger partial charge in [-0.1, -0.05) is 18.5 Å². The van der Waals surface area contributed by atoms with Gasteiger partial charge >= 0.3 is 5.97 Å². The SMILES string of the molecule is CCNCC1CCN(S(=O)(=O)c2ccc(C(=O)OC)cc2Cl)CC1. The number of carbonyl (C=O) groups is 1. The average Bonchev–Trinajstić information content (AvgIpc) is 2.59. The number of hydrogen-bond donors (Lipinski definition) is 1. The highest BCUT2D eigenvalue weighted by atomic mass is 35.5. The molecule has 1 aromatic rings. The van der Waals surface area contributed by atoms with Crippen LogP contribution in [0.2, 0.25) is 5.02 Å². The topological polar surface area (TPSA) is 75.7 Å². The van der Waals surface area contributed by atoms with Gasteiger partial charge in [0, 0.05) is 13.1 Å². The summed E-state index contributed by atoms with van der Waals surface area (Å²) in [5.41, 5.74) is 0.228. The number of nitrogens with one attached hydrogen (secondary N) is 1. The van der Waals surface area contributed by atoms with E-state index in [4.69, 9.17) is 11.6 Å². The third kappa shape index (κ3) is 4.27. The van der Waals surface area contributed by atoms with Crippen molar-refractivity contribution in [3.05, 3.63) is 28.8 Å². The molecular weight excluding hydrogens is 352 g/mol. The first-order chi connectivity index (χ1) is 11.4. The van der Waals surface area contributed by atoms with E-state index in [-0.39, 0.29) is 15.5 Å². The van der Waals surface area contributed by atoms with Gasteiger partial charge < -0.3 is 10.1 Å². The standard InChI is InChI=1S/C16H23ClN2O4S/c1-3-18-11-12-6-8-19(9-7-12)24(21,22)15-5-4-13(10-14(15)17)16(20)23-2/h4-5,10,12,18H,3,6-9,11H2,1-2H3. The molecule has 0 spiro atoms. The Labute approximate surface area is 148 Å². The highest BCUT2D eigenvalue weighted by Crippen LogP contribution is 2.29. The normalized spacial score (nSPS) is 17.0. The minimum Gasteiger partial charge on any atom is -0.465 e. The maximum Gasteiger partial charge on any atom is 0.337 e. The van der Waals surface area contributed by atoms with Crippen molar-refractivity contribution < 1.29 is 17.9 Å². The second kappa shape index (κ2) is 8.29. The van der Waals surface area contributed by atoms with E-state index in [1.165, 1.54) is 29.6 Å². The van der Waals surface area contributed by atoms with E-state index in [1.54, 1.807) is 0 Å². The van der Waals surface area contributed by atoms with E-state index < -0.39 is 16.0 Å². The van der Waals surface area contributed by atoms with Gasteiger partial charge in [-0.05, 0) is 50.0 Å². The van der Waals surface area contributed by atoms with Gasteiger partial charge in [-0.3, -0.25) is 0 Å². The second-order valence-electron chi connectivity index (χ2n) is 5.79. The summed E-state index contributed by atoms with van der Waals surface area (Å²) in [7, 11) is -2.39. The summed E-state index contributed by atoms with van der Waals surface area (Å²) in [5, 5.41) is 3.34. The molecule has 6 nitrogen and oxygen atoms in total. The zero-order valence-corrected chi connectivity index (χ0v) is 15.5. The fraction of sp³-hybridized carbons (Fsp3) is 0.562. The van der Waals surface area contributed by atoms with Crippen molar-refractivity contribution in [3.63, 3.8) is 0 Å². The summed E-state index contributed by atoms with van der Waals surface area (Å²) in [5.74, 6) is -0.0568. The Balaban J connectivity index is 2.12. The zero-order valence-electron chi connectivity index (χ0n) is 13.9. The van der Waals surface area contributed by atoms with Crippen LogP contribution in [0.1, 0.15) is 30.1 Å². The Morgan fingerprint density at radius 2 is 2.04 bits per heavy atom. The number of sulfonamides is 1. The van der Waals surface area contributed by atoms with Gasteiger partial charge in [-0.25, -0.2) is 13.2 Å². The van der Waals surface area contributed by atoms with E-state index >= 15 is 0 Å². The van der Waals surface area contributed by atoms with Crippen molar-refractivity contribution in [2.45, 2.75) is 24.7 Å². The second-order valence-corrected chi connectivity index (χ2v) is 8.11. The van der Waals surface area contributed by atoms with Crippen molar-refractivity contribution in [2.75, 3.05) is 33.3 Å². The predicted molar refractivity (Wildman–Crippen MR) is 92.8 cm³/mol. The van der Waals surface area contributed by atoms with Gasteiger partial charge in [-0.2, -0.15) is 4.31 Å². The van der Waals surface area contributed by atoms with Crippen LogP contribution in [0, 0.1) is 5.92 Å². The highest BCUT2D eigenvalue weighted by molar-refractivity contribution is 7.89. The van der Waals surface area contributed by atoms with Crippen LogP contribution >= 0.6 is 11.6 Å². The Kier molecular flexibility index (Phi) is 6.62. The number of piperidine rings is 1. The third-order valence-corrected chi connectivity index (χ3v) is 6.61. The molecule has 0 amide bonds. The van der Waals surface area contributed by atoms with E-state index in [0.717, 1.165) is 25.9 Å². The third-order valence-electron chi connectivity index (χ3n) is 4.23. The van der Waals surface area contributed by atoms with Gasteiger partial charge in [0.2, 0.25) is 10.0 Å². The summed E-state index contributed by atoms with van der Waals surface area (Å²) in [4.78, 5) is 11.5. The number of carbonyl (C=O) groups excluding carboxylic acids is 1. The fourth-order valence-electron chi connectivity index (χ4n) is 2.80. The number of nitrogens with zero attached hydrogens (tertiary/aromatic N) is 1. The maximum atomic E-state index is 12.8. The molecule has 8 heteroatoms. The number of halogens is 1. The summed E-state index contributed by atoms with van der Waals surface area (Å²) >= 11 is 6.11. The number of benzene rings is 1. The number of ether oxygens (including phenoxy) is 1. The van der Waals surface area contributed by atoms with E-state index in [2.05, 4.69) is 17.0 Å². The van der Waals surface area contributed by atoms with E-state index in [0.29, 0.717) is 19.0 Å². The summed E-state index contributed by atoms with van der Waals surface area (Å²) in [6.07, 6.45) is 1.65. The molecule has 0 radical (unpaired) electrons. The van der Waals surface area contributed by atoms with Gasteiger partial charge in [0.15, 0.2) is 0 Å². The van der Waals surface area contributed by atoms with Crippen molar-refractivity contribution in [1.82, 2.24) is 9.62 Å². The molecule has 2 rings (SSSR count).